The molecule has 5 saturated heterocycles. The summed E-state index contributed by atoms with van der Waals surface area (Å²) in [6, 6.07) is 35.1. The number of aromatic nitrogens is 8. The lowest BCUT2D eigenvalue weighted by molar-refractivity contribution is -0.138. The van der Waals surface area contributed by atoms with E-state index in [2.05, 4.69) is 70.9 Å². The van der Waals surface area contributed by atoms with Crippen LogP contribution in [0.25, 0.3) is 22.5 Å². The minimum absolute atomic E-state index is 0.0711. The smallest absolute Gasteiger partial charge is 0.399 e. The number of nitrogens with zero attached hydrogens (tertiary/aromatic N) is 11. The van der Waals surface area contributed by atoms with Crippen LogP contribution in [0, 0.1) is 20.8 Å². The van der Waals surface area contributed by atoms with Gasteiger partial charge in [0.1, 0.15) is 32.9 Å². The van der Waals surface area contributed by atoms with Crippen molar-refractivity contribution in [2.75, 3.05) is 161 Å². The molecule has 4 N–H and O–H groups in total. The number of morpholine rings is 4. The Kier molecular flexibility index (Phi) is 36.5. The molecule has 15 rings (SSSR count). The number of carbonyl (C=O) groups excluding carboxylic acids is 3. The van der Waals surface area contributed by atoms with Crippen molar-refractivity contribution in [2.45, 2.75) is 98.8 Å². The number of nitrogens with one attached hydrogen (secondary N) is 4. The Balaban J connectivity index is 0.000000174. The van der Waals surface area contributed by atoms with Crippen molar-refractivity contribution in [3.8, 4) is 22.5 Å². The lowest BCUT2D eigenvalue weighted by Crippen LogP contribution is -2.41. The van der Waals surface area contributed by atoms with Gasteiger partial charge in [-0.15, -0.1) is 0 Å². The second kappa shape index (κ2) is 46.2. The molecule has 6 aromatic carbocycles. The quantitative estimate of drug-likeness (QED) is 0.0230. The van der Waals surface area contributed by atoms with Gasteiger partial charge >= 0.3 is 25.6 Å². The topological polar surface area (TPSA) is 302 Å². The van der Waals surface area contributed by atoms with Crippen LogP contribution in [-0.4, -0.2) is 215 Å². The number of anilines is 6. The molecule has 0 aliphatic carbocycles. The molecule has 0 radical (unpaired) electrons. The van der Waals surface area contributed by atoms with Crippen LogP contribution in [0.2, 0.25) is 15.5 Å². The second-order valence-electron chi connectivity index (χ2n) is 30.3. The molecular weight excluding hydrogens is 1850 g/mol. The minimum Gasteiger partial charge on any atom is -0.399 e. The zero-order valence-electron chi connectivity index (χ0n) is 72.4. The molecule has 0 unspecified atom stereocenters. The summed E-state index contributed by atoms with van der Waals surface area (Å²) in [5.74, 6) is 0.159. The largest absolute Gasteiger partial charge is 0.495 e. The molecular formula is C87H94BCl3F9N15O11S4. The van der Waals surface area contributed by atoms with Gasteiger partial charge in [0.2, 0.25) is 15.0 Å². The standard InChI is InChI=1S/C24H23F3N4O4S.C24H23F3N4O2S.C21H23BF3NO3.C9H12ClN3OS.C5H4Cl2N2S.C4H9NO/c1-15-6-7-18(28-22(32)16-4-3-5-17(12-16)24(25,26)27)13-19(15)20-14-21(31-8-10-35-11-9-31)30-23(29-20)36(2,33)34;1-15-6-7-18(28-22(32)16-4-3-5-17(12-16)24(25,26)27)13-19(15)20-14-21(30-23(29-20)34-2)31-8-10-33-11-9-31;1-13-9-10-16(12-17(13)22-28-19(2,3)20(4,5)29-22)26-18(27)14-7-6-8-15(11-14)21(23,24)25;1-15-9-11-7(10)6-8(12-9)13-2-4-14-5-3-13;1-10-5-8-3(6)2-4(7)9-5;1-3-6-4-2-5-1/h3-7,12-14H,8-11H2,1-2H3,(H,28,32);3-7,12-14H,8-11H2,1-2H3,(H,28,32);6-12H,1-5H3,(H,26,27);6H,2-5H2,1H3;2H,1H3;5H,1-4H2. The van der Waals surface area contributed by atoms with Crippen LogP contribution in [0.15, 0.2) is 172 Å². The SMILES string of the molecule is C1COCCN1.CSc1nc(-c2cc(NC(=O)c3cccc(C(F)(F)F)c3)ccc2C)cc(N2CCOCC2)n1.CSc1nc(Cl)cc(Cl)n1.CSc1nc(Cl)cc(N2CCOCC2)n1.Cc1ccc(NC(=O)c2cccc(C(F)(F)F)c2)cc1-c1cc(N2CCOCC2)nc(S(C)(=O)=O)n1.Cc1ccc(NC(=O)c2cccc(C(F)(F)F)c2)cc1B1OC(C)(C)C(C)(C)O1. The Bertz CT molecular complexity index is 5660. The maximum Gasteiger partial charge on any atom is 0.495 e. The van der Waals surface area contributed by atoms with Gasteiger partial charge in [0.25, 0.3) is 17.7 Å². The molecule has 26 nitrogen and oxygen atoms in total. The normalized spacial score (nSPS) is 15.6. The van der Waals surface area contributed by atoms with Gasteiger partial charge in [-0.2, -0.15) is 39.5 Å². The van der Waals surface area contributed by atoms with E-state index in [9.17, 15) is 62.3 Å². The maximum absolute atomic E-state index is 13.0. The van der Waals surface area contributed by atoms with Gasteiger partial charge < -0.3 is 64.2 Å². The van der Waals surface area contributed by atoms with Gasteiger partial charge in [-0.25, -0.2) is 48.3 Å². The summed E-state index contributed by atoms with van der Waals surface area (Å²) in [6.45, 7) is 25.2. The predicted molar refractivity (Wildman–Crippen MR) is 490 cm³/mol. The summed E-state index contributed by atoms with van der Waals surface area (Å²) in [4.78, 5) is 78.1. The molecule has 3 amide bonds. The Morgan fingerprint density at radius 3 is 1.11 bits per heavy atom. The summed E-state index contributed by atoms with van der Waals surface area (Å²) in [7, 11) is -4.34. The van der Waals surface area contributed by atoms with E-state index in [0.29, 0.717) is 110 Å². The molecule has 5 aliphatic rings. The van der Waals surface area contributed by atoms with Crippen LogP contribution in [0.4, 0.5) is 74.0 Å². The minimum atomic E-state index is -4.57. The third-order valence-corrected chi connectivity index (χ3v) is 23.4. The molecule has 5 aliphatic heterocycles. The highest BCUT2D eigenvalue weighted by Gasteiger charge is 2.52. The summed E-state index contributed by atoms with van der Waals surface area (Å²) >= 11 is 21.4. The third kappa shape index (κ3) is 29.7. The molecule has 9 heterocycles. The number of alkyl halides is 9. The molecule has 0 bridgehead atoms. The lowest BCUT2D eigenvalue weighted by atomic mass is 9.76. The van der Waals surface area contributed by atoms with Crippen molar-refractivity contribution in [1.82, 2.24) is 45.2 Å². The van der Waals surface area contributed by atoms with Gasteiger partial charge in [-0.1, -0.05) is 112 Å². The fourth-order valence-electron chi connectivity index (χ4n) is 12.7. The van der Waals surface area contributed by atoms with Crippen LogP contribution < -0.4 is 41.4 Å². The molecule has 5 fully saturated rings. The Morgan fingerprint density at radius 1 is 0.423 bits per heavy atom. The van der Waals surface area contributed by atoms with Gasteiger partial charge in [0.15, 0.2) is 15.5 Å². The van der Waals surface area contributed by atoms with Gasteiger partial charge in [-0.3, -0.25) is 14.4 Å². The average molecular weight is 1940 g/mol. The van der Waals surface area contributed by atoms with Gasteiger partial charge in [0.05, 0.1) is 92.1 Å². The number of sulfone groups is 1. The average Bonchev–Trinajstić information content (AvgIpc) is 1.60. The van der Waals surface area contributed by atoms with E-state index in [1.807, 2.05) is 83.4 Å². The summed E-state index contributed by atoms with van der Waals surface area (Å²) in [6.07, 6.45) is -6.88. The van der Waals surface area contributed by atoms with Crippen molar-refractivity contribution in [2.24, 2.45) is 0 Å². The zero-order valence-corrected chi connectivity index (χ0v) is 77.9. The van der Waals surface area contributed by atoms with E-state index in [-0.39, 0.29) is 21.8 Å². The number of benzene rings is 6. The van der Waals surface area contributed by atoms with Crippen molar-refractivity contribution >= 4 is 145 Å². The van der Waals surface area contributed by atoms with Crippen LogP contribution >= 0.6 is 70.1 Å². The van der Waals surface area contributed by atoms with E-state index in [4.69, 9.17) is 63.1 Å². The highest BCUT2D eigenvalue weighted by atomic mass is 35.5. The number of halogens is 12. The Hall–Kier alpha value is -9.53. The number of hydrogen-bond donors (Lipinski definition) is 4. The molecule has 10 aromatic rings. The molecule has 43 heteroatoms. The van der Waals surface area contributed by atoms with E-state index in [1.54, 1.807) is 61.5 Å². The number of aryl methyl sites for hydroxylation is 3. The zero-order chi connectivity index (χ0) is 94.5. The first-order valence-corrected chi connectivity index (χ1v) is 46.9. The second-order valence-corrected chi connectivity index (χ2v) is 35.7. The first-order chi connectivity index (χ1) is 61.5. The number of thioether (sulfide) groups is 3. The first kappa shape index (κ1) is 103. The third-order valence-electron chi connectivity index (χ3n) is 20.4. The van der Waals surface area contributed by atoms with Crippen LogP contribution in [0.5, 0.6) is 0 Å². The predicted octanol–water partition coefficient (Wildman–Crippen LogP) is 17.6. The summed E-state index contributed by atoms with van der Waals surface area (Å²) < 4.78 is 175. The highest BCUT2D eigenvalue weighted by molar-refractivity contribution is 7.98. The van der Waals surface area contributed by atoms with E-state index >= 15 is 0 Å². The first-order valence-electron chi connectivity index (χ1n) is 40.2. The van der Waals surface area contributed by atoms with Gasteiger partial charge in [0, 0.05) is 128 Å². The molecule has 694 valence electrons. The number of carbonyl (C=O) groups is 3. The number of rotatable bonds is 16. The van der Waals surface area contributed by atoms with Crippen molar-refractivity contribution in [3.63, 3.8) is 0 Å². The monoisotopic (exact) mass is 1940 g/mol. The number of amides is 3. The summed E-state index contributed by atoms with van der Waals surface area (Å²) in [5, 5.41) is 14.0. The van der Waals surface area contributed by atoms with Crippen molar-refractivity contribution in [1.29, 1.82) is 0 Å². The molecule has 0 saturated carbocycles. The van der Waals surface area contributed by atoms with Crippen LogP contribution in [-0.2, 0) is 56.6 Å². The van der Waals surface area contributed by atoms with Crippen molar-refractivity contribution in [3.05, 3.63) is 217 Å². The number of ether oxygens (including phenoxy) is 4. The Morgan fingerprint density at radius 2 is 0.754 bits per heavy atom. The molecule has 0 spiro atoms. The van der Waals surface area contributed by atoms with Gasteiger partial charge in [-0.05, 0) is 175 Å². The van der Waals surface area contributed by atoms with Crippen molar-refractivity contribution < 1.29 is 90.6 Å². The van der Waals surface area contributed by atoms with E-state index in [1.165, 1.54) is 77.8 Å². The molecule has 130 heavy (non-hydrogen) atoms. The Labute approximate surface area is 774 Å². The fraction of sp³-hybridized carbons (Fsp3) is 0.368. The fourth-order valence-corrected chi connectivity index (χ4v) is 15.1. The molecule has 4 aromatic heterocycles. The summed E-state index contributed by atoms with van der Waals surface area (Å²) in [5.41, 5.74) is 2.97. The van der Waals surface area contributed by atoms with E-state index in [0.717, 1.165) is 148 Å². The number of hydrogen-bond acceptors (Lipinski definition) is 26. The van der Waals surface area contributed by atoms with Crippen LogP contribution in [0.3, 0.4) is 0 Å². The molecule has 0 atom stereocenters. The van der Waals surface area contributed by atoms with Crippen LogP contribution in [0.1, 0.15) is 92.1 Å². The maximum atomic E-state index is 13.0. The highest BCUT2D eigenvalue weighted by Crippen LogP contribution is 2.39. The van der Waals surface area contributed by atoms with E-state index < -0.39 is 81.1 Å². The lowest BCUT2D eigenvalue weighted by Gasteiger charge is -2.32.